The van der Waals surface area contributed by atoms with Crippen molar-refractivity contribution in [2.75, 3.05) is 18.5 Å². The number of benzene rings is 2. The van der Waals surface area contributed by atoms with E-state index in [1.165, 1.54) is 16.9 Å². The van der Waals surface area contributed by atoms with Gasteiger partial charge in [-0.05, 0) is 50.7 Å². The molecule has 0 aliphatic rings. The molecule has 0 radical (unpaired) electrons. The molecule has 0 atom stereocenters. The summed E-state index contributed by atoms with van der Waals surface area (Å²) < 4.78 is 0. The van der Waals surface area contributed by atoms with Crippen LogP contribution in [0, 0.1) is 6.92 Å². The van der Waals surface area contributed by atoms with E-state index in [4.69, 9.17) is 11.6 Å². The average molecular weight is 289 g/mol. The molecule has 2 aromatic carbocycles. The summed E-state index contributed by atoms with van der Waals surface area (Å²) in [6.45, 7) is 5.94. The Bertz CT molecular complexity index is 581. The van der Waals surface area contributed by atoms with Crippen LogP contribution < -0.4 is 10.2 Å². The Morgan fingerprint density at radius 2 is 1.90 bits per heavy atom. The third-order valence-electron chi connectivity index (χ3n) is 3.37. The number of hydrogen-bond acceptors (Lipinski definition) is 2. The molecule has 0 saturated heterocycles. The van der Waals surface area contributed by atoms with Crippen LogP contribution in [-0.2, 0) is 6.54 Å². The molecule has 3 heteroatoms. The second kappa shape index (κ2) is 6.78. The van der Waals surface area contributed by atoms with E-state index in [0.29, 0.717) is 0 Å². The molecule has 0 bridgehead atoms. The molecule has 106 valence electrons. The Morgan fingerprint density at radius 3 is 2.55 bits per heavy atom. The SMILES string of the molecule is CCN(c1cccc(C)c1)c1cccc(Cl)c1CNC. The van der Waals surface area contributed by atoms with E-state index in [9.17, 15) is 0 Å². The summed E-state index contributed by atoms with van der Waals surface area (Å²) >= 11 is 6.36. The van der Waals surface area contributed by atoms with Crippen LogP contribution in [0.25, 0.3) is 0 Å². The molecule has 0 aliphatic carbocycles. The summed E-state index contributed by atoms with van der Waals surface area (Å²) in [6, 6.07) is 14.6. The van der Waals surface area contributed by atoms with Gasteiger partial charge in [-0.15, -0.1) is 0 Å². The maximum atomic E-state index is 6.36. The van der Waals surface area contributed by atoms with Crippen LogP contribution in [0.4, 0.5) is 11.4 Å². The lowest BCUT2D eigenvalue weighted by Gasteiger charge is -2.27. The number of hydrogen-bond donors (Lipinski definition) is 1. The minimum atomic E-state index is 0.761. The van der Waals surface area contributed by atoms with Gasteiger partial charge in [0, 0.05) is 35.1 Å². The lowest BCUT2D eigenvalue weighted by atomic mass is 10.1. The fourth-order valence-corrected chi connectivity index (χ4v) is 2.68. The van der Waals surface area contributed by atoms with Crippen LogP contribution in [0.1, 0.15) is 18.1 Å². The lowest BCUT2D eigenvalue weighted by Crippen LogP contribution is -2.19. The Labute approximate surface area is 126 Å². The van der Waals surface area contributed by atoms with Gasteiger partial charge in [-0.1, -0.05) is 29.8 Å². The summed E-state index contributed by atoms with van der Waals surface area (Å²) in [4.78, 5) is 2.30. The minimum Gasteiger partial charge on any atom is -0.341 e. The quantitative estimate of drug-likeness (QED) is 0.870. The molecule has 0 saturated carbocycles. The van der Waals surface area contributed by atoms with Crippen molar-refractivity contribution in [3.63, 3.8) is 0 Å². The van der Waals surface area contributed by atoms with Crippen LogP contribution in [0.15, 0.2) is 42.5 Å². The molecule has 20 heavy (non-hydrogen) atoms. The van der Waals surface area contributed by atoms with Crippen molar-refractivity contribution in [2.24, 2.45) is 0 Å². The van der Waals surface area contributed by atoms with Gasteiger partial charge in [0.05, 0.1) is 0 Å². The molecule has 0 spiro atoms. The molecular weight excluding hydrogens is 268 g/mol. The van der Waals surface area contributed by atoms with Crippen LogP contribution in [0.3, 0.4) is 0 Å². The fraction of sp³-hybridized carbons (Fsp3) is 0.294. The Morgan fingerprint density at radius 1 is 1.15 bits per heavy atom. The normalized spacial score (nSPS) is 10.6. The summed E-state index contributed by atoms with van der Waals surface area (Å²) in [6.07, 6.45) is 0. The highest BCUT2D eigenvalue weighted by Gasteiger charge is 2.13. The molecule has 0 aromatic heterocycles. The van der Waals surface area contributed by atoms with Gasteiger partial charge in [-0.2, -0.15) is 0 Å². The molecule has 0 heterocycles. The maximum absolute atomic E-state index is 6.36. The molecule has 0 unspecified atom stereocenters. The molecule has 0 fully saturated rings. The number of rotatable bonds is 5. The van der Waals surface area contributed by atoms with Crippen molar-refractivity contribution in [1.82, 2.24) is 5.32 Å². The van der Waals surface area contributed by atoms with Gasteiger partial charge in [0.1, 0.15) is 0 Å². The topological polar surface area (TPSA) is 15.3 Å². The van der Waals surface area contributed by atoms with Gasteiger partial charge >= 0.3 is 0 Å². The van der Waals surface area contributed by atoms with Crippen LogP contribution in [0.2, 0.25) is 5.02 Å². The highest BCUT2D eigenvalue weighted by atomic mass is 35.5. The van der Waals surface area contributed by atoms with Crippen molar-refractivity contribution in [3.8, 4) is 0 Å². The van der Waals surface area contributed by atoms with Crippen molar-refractivity contribution >= 4 is 23.0 Å². The van der Waals surface area contributed by atoms with Crippen LogP contribution in [0.5, 0.6) is 0 Å². The first-order chi connectivity index (χ1) is 9.67. The molecule has 2 rings (SSSR count). The third kappa shape index (κ3) is 3.14. The molecule has 0 aliphatic heterocycles. The Kier molecular flexibility index (Phi) is 5.05. The third-order valence-corrected chi connectivity index (χ3v) is 3.72. The predicted octanol–water partition coefficient (Wildman–Crippen LogP) is 4.53. The van der Waals surface area contributed by atoms with Gasteiger partial charge < -0.3 is 10.2 Å². The standard InChI is InChI=1S/C17H21ClN2/c1-4-20(14-8-5-7-13(2)11-14)17-10-6-9-16(18)15(17)12-19-3/h5-11,19H,4,12H2,1-3H3. The average Bonchev–Trinajstić information content (AvgIpc) is 2.43. The zero-order chi connectivity index (χ0) is 14.5. The minimum absolute atomic E-state index is 0.761. The van der Waals surface area contributed by atoms with E-state index in [0.717, 1.165) is 23.7 Å². The van der Waals surface area contributed by atoms with Gasteiger partial charge in [0.2, 0.25) is 0 Å². The summed E-state index contributed by atoms with van der Waals surface area (Å²) in [7, 11) is 1.94. The summed E-state index contributed by atoms with van der Waals surface area (Å²) in [5, 5.41) is 4.00. The monoisotopic (exact) mass is 288 g/mol. The molecule has 2 aromatic rings. The van der Waals surface area contributed by atoms with Crippen LogP contribution in [-0.4, -0.2) is 13.6 Å². The summed E-state index contributed by atoms with van der Waals surface area (Å²) in [5.41, 5.74) is 4.77. The fourth-order valence-electron chi connectivity index (χ4n) is 2.44. The van der Waals surface area contributed by atoms with Crippen molar-refractivity contribution in [2.45, 2.75) is 20.4 Å². The zero-order valence-electron chi connectivity index (χ0n) is 12.3. The largest absolute Gasteiger partial charge is 0.341 e. The highest BCUT2D eigenvalue weighted by Crippen LogP contribution is 2.32. The zero-order valence-corrected chi connectivity index (χ0v) is 13.0. The summed E-state index contributed by atoms with van der Waals surface area (Å²) in [5.74, 6) is 0. The molecule has 0 amide bonds. The van der Waals surface area contributed by atoms with Crippen molar-refractivity contribution in [1.29, 1.82) is 0 Å². The van der Waals surface area contributed by atoms with E-state index < -0.39 is 0 Å². The van der Waals surface area contributed by atoms with Crippen molar-refractivity contribution in [3.05, 3.63) is 58.6 Å². The predicted molar refractivity (Wildman–Crippen MR) is 88.1 cm³/mol. The molecule has 2 nitrogen and oxygen atoms in total. The number of anilines is 2. The lowest BCUT2D eigenvalue weighted by molar-refractivity contribution is 0.813. The Hall–Kier alpha value is -1.51. The first-order valence-electron chi connectivity index (χ1n) is 6.93. The second-order valence-corrected chi connectivity index (χ2v) is 5.26. The first kappa shape index (κ1) is 14.9. The van der Waals surface area contributed by atoms with Crippen LogP contribution >= 0.6 is 11.6 Å². The molecular formula is C17H21ClN2. The highest BCUT2D eigenvalue weighted by molar-refractivity contribution is 6.31. The first-order valence-corrected chi connectivity index (χ1v) is 7.31. The van der Waals surface area contributed by atoms with E-state index in [2.05, 4.69) is 54.4 Å². The smallest absolute Gasteiger partial charge is 0.0471 e. The van der Waals surface area contributed by atoms with E-state index >= 15 is 0 Å². The number of nitrogens with zero attached hydrogens (tertiary/aromatic N) is 1. The van der Waals surface area contributed by atoms with Gasteiger partial charge in [-0.3, -0.25) is 0 Å². The van der Waals surface area contributed by atoms with Crippen molar-refractivity contribution < 1.29 is 0 Å². The van der Waals surface area contributed by atoms with Gasteiger partial charge in [0.25, 0.3) is 0 Å². The van der Waals surface area contributed by atoms with E-state index in [1.807, 2.05) is 19.2 Å². The van der Waals surface area contributed by atoms with E-state index in [1.54, 1.807) is 0 Å². The maximum Gasteiger partial charge on any atom is 0.0471 e. The number of halogens is 1. The van der Waals surface area contributed by atoms with Gasteiger partial charge in [-0.25, -0.2) is 0 Å². The number of aryl methyl sites for hydroxylation is 1. The second-order valence-electron chi connectivity index (χ2n) is 4.85. The van der Waals surface area contributed by atoms with E-state index in [-0.39, 0.29) is 0 Å². The molecule has 1 N–H and O–H groups in total. The number of nitrogens with one attached hydrogen (secondary N) is 1. The van der Waals surface area contributed by atoms with Gasteiger partial charge in [0.15, 0.2) is 0 Å². The Balaban J connectivity index is 2.49.